The van der Waals surface area contributed by atoms with Gasteiger partial charge in [-0.1, -0.05) is 18.2 Å². The van der Waals surface area contributed by atoms with Crippen LogP contribution in [0.4, 0.5) is 5.69 Å². The highest BCUT2D eigenvalue weighted by Gasteiger charge is 2.18. The van der Waals surface area contributed by atoms with Crippen molar-refractivity contribution < 1.29 is 4.42 Å². The molecule has 5 rings (SSSR count). The van der Waals surface area contributed by atoms with Gasteiger partial charge in [0.2, 0.25) is 5.55 Å². The predicted molar refractivity (Wildman–Crippen MR) is 104 cm³/mol. The summed E-state index contributed by atoms with van der Waals surface area (Å²) in [6, 6.07) is 20.8. The average molecular weight is 353 g/mol. The molecule has 0 bridgehead atoms. The van der Waals surface area contributed by atoms with Crippen molar-refractivity contribution in [3.05, 3.63) is 78.5 Å². The molecule has 0 fully saturated rings. The van der Waals surface area contributed by atoms with Gasteiger partial charge in [0.05, 0.1) is 5.56 Å². The number of nitrogen functional groups attached to an aromatic ring is 1. The summed E-state index contributed by atoms with van der Waals surface area (Å²) in [5.41, 5.74) is 10.2. The molecule has 0 saturated carbocycles. The second kappa shape index (κ2) is 5.81. The predicted octanol–water partition coefficient (Wildman–Crippen LogP) is 3.90. The van der Waals surface area contributed by atoms with Gasteiger partial charge < -0.3 is 10.2 Å². The van der Waals surface area contributed by atoms with Crippen LogP contribution in [0.15, 0.2) is 77.3 Å². The molecule has 0 saturated heterocycles. The lowest BCUT2D eigenvalue weighted by atomic mass is 10.1. The van der Waals surface area contributed by atoms with E-state index in [1.54, 1.807) is 18.3 Å². The molecule has 5 aromatic rings. The molecule has 0 unspecified atom stereocenters. The van der Waals surface area contributed by atoms with Crippen molar-refractivity contribution in [3.63, 3.8) is 0 Å². The molecule has 0 aliphatic rings. The Bertz CT molecular complexity index is 1350. The second-order valence-electron chi connectivity index (χ2n) is 6.24. The fourth-order valence-corrected chi connectivity index (χ4v) is 3.24. The van der Waals surface area contributed by atoms with Crippen LogP contribution in [-0.2, 0) is 0 Å². The third-order valence-corrected chi connectivity index (χ3v) is 4.46. The highest BCUT2D eigenvalue weighted by molar-refractivity contribution is 5.85. The van der Waals surface area contributed by atoms with Crippen LogP contribution in [0.5, 0.6) is 0 Å². The van der Waals surface area contributed by atoms with E-state index in [-0.39, 0.29) is 5.55 Å². The number of hydrogen-bond donors (Lipinski definition) is 2. The Morgan fingerprint density at radius 1 is 0.963 bits per heavy atom. The number of imidazole rings is 1. The highest BCUT2D eigenvalue weighted by atomic mass is 16.3. The molecule has 3 N–H and O–H groups in total. The zero-order valence-electron chi connectivity index (χ0n) is 14.3. The number of hydrogen-bond acceptors (Lipinski definition) is 5. The molecule has 2 aromatic carbocycles. The Hall–Kier alpha value is -3.93. The Morgan fingerprint density at radius 3 is 2.67 bits per heavy atom. The van der Waals surface area contributed by atoms with Gasteiger partial charge in [-0.25, -0.2) is 9.97 Å². The molecular formula is C21H15N5O. The van der Waals surface area contributed by atoms with Crippen LogP contribution < -0.4 is 11.3 Å². The molecule has 0 radical (unpaired) electrons. The lowest BCUT2D eigenvalue weighted by Crippen LogP contribution is -2.08. The van der Waals surface area contributed by atoms with Crippen molar-refractivity contribution in [1.29, 1.82) is 5.41 Å². The summed E-state index contributed by atoms with van der Waals surface area (Å²) in [6.45, 7) is 0. The van der Waals surface area contributed by atoms with Crippen LogP contribution >= 0.6 is 0 Å². The molecule has 3 heterocycles. The van der Waals surface area contributed by atoms with Crippen molar-refractivity contribution in [3.8, 4) is 17.1 Å². The van der Waals surface area contributed by atoms with E-state index in [4.69, 9.17) is 20.5 Å². The minimum absolute atomic E-state index is 0.0414. The van der Waals surface area contributed by atoms with Crippen molar-refractivity contribution in [1.82, 2.24) is 14.5 Å². The number of rotatable bonds is 2. The number of benzene rings is 2. The molecule has 6 heteroatoms. The molecule has 0 spiro atoms. The number of nitrogens with one attached hydrogen (secondary N) is 1. The van der Waals surface area contributed by atoms with Gasteiger partial charge in [0.1, 0.15) is 11.1 Å². The maximum atomic E-state index is 8.40. The summed E-state index contributed by atoms with van der Waals surface area (Å²) >= 11 is 0. The Morgan fingerprint density at radius 2 is 1.81 bits per heavy atom. The number of para-hydroxylation sites is 1. The summed E-state index contributed by atoms with van der Waals surface area (Å²) < 4.78 is 7.67. The van der Waals surface area contributed by atoms with Crippen molar-refractivity contribution >= 4 is 27.8 Å². The van der Waals surface area contributed by atoms with E-state index in [0.29, 0.717) is 22.7 Å². The van der Waals surface area contributed by atoms with Crippen molar-refractivity contribution in [2.75, 3.05) is 5.73 Å². The highest BCUT2D eigenvalue weighted by Crippen LogP contribution is 2.28. The van der Waals surface area contributed by atoms with E-state index in [9.17, 15) is 0 Å². The molecule has 0 aliphatic carbocycles. The second-order valence-corrected chi connectivity index (χ2v) is 6.24. The van der Waals surface area contributed by atoms with Gasteiger partial charge in [-0.2, -0.15) is 0 Å². The van der Waals surface area contributed by atoms with E-state index in [0.717, 1.165) is 22.2 Å². The van der Waals surface area contributed by atoms with Gasteiger partial charge in [-0.3, -0.25) is 9.98 Å². The summed E-state index contributed by atoms with van der Waals surface area (Å²) in [5, 5.41) is 9.23. The first-order chi connectivity index (χ1) is 13.2. The van der Waals surface area contributed by atoms with Crippen LogP contribution in [0, 0.1) is 5.41 Å². The first-order valence-electron chi connectivity index (χ1n) is 8.48. The smallest absolute Gasteiger partial charge is 0.223 e. The quantitative estimate of drug-likeness (QED) is 0.471. The van der Waals surface area contributed by atoms with E-state index >= 15 is 0 Å². The van der Waals surface area contributed by atoms with Crippen LogP contribution in [0.2, 0.25) is 0 Å². The van der Waals surface area contributed by atoms with Gasteiger partial charge in [-0.05, 0) is 48.5 Å². The fourth-order valence-electron chi connectivity index (χ4n) is 3.24. The number of nitrogens with two attached hydrogens (primary N) is 1. The van der Waals surface area contributed by atoms with Crippen LogP contribution in [0.3, 0.4) is 0 Å². The first-order valence-corrected chi connectivity index (χ1v) is 8.48. The lowest BCUT2D eigenvalue weighted by Gasteiger charge is -2.09. The Balaban J connectivity index is 1.87. The zero-order valence-corrected chi connectivity index (χ0v) is 14.3. The standard InChI is InChI=1S/C21H15N5O/c22-14-8-9-18-13(11-14)12-16(19(23)27-18)20-25-17-7-4-10-24-21(17)26(20)15-5-2-1-3-6-15/h1-12,23H,22H2. The Kier molecular flexibility index (Phi) is 3.30. The van der Waals surface area contributed by atoms with Gasteiger partial charge in [0, 0.05) is 23.0 Å². The minimum Gasteiger partial charge on any atom is -0.438 e. The molecule has 130 valence electrons. The van der Waals surface area contributed by atoms with Crippen molar-refractivity contribution in [2.45, 2.75) is 0 Å². The van der Waals surface area contributed by atoms with Gasteiger partial charge >= 0.3 is 0 Å². The summed E-state index contributed by atoms with van der Waals surface area (Å²) in [7, 11) is 0. The molecule has 6 nitrogen and oxygen atoms in total. The van der Waals surface area contributed by atoms with Crippen molar-refractivity contribution in [2.24, 2.45) is 0 Å². The first kappa shape index (κ1) is 15.3. The molecule has 0 amide bonds. The third kappa shape index (κ3) is 2.46. The largest absolute Gasteiger partial charge is 0.438 e. The monoisotopic (exact) mass is 353 g/mol. The van der Waals surface area contributed by atoms with Gasteiger partial charge in [0.25, 0.3) is 0 Å². The summed E-state index contributed by atoms with van der Waals surface area (Å²) in [6.07, 6.45) is 1.74. The third-order valence-electron chi connectivity index (χ3n) is 4.46. The number of pyridine rings is 1. The van der Waals surface area contributed by atoms with Gasteiger partial charge in [0.15, 0.2) is 11.5 Å². The normalized spacial score (nSPS) is 11.3. The molecule has 27 heavy (non-hydrogen) atoms. The maximum Gasteiger partial charge on any atom is 0.223 e. The van der Waals surface area contributed by atoms with Gasteiger partial charge in [-0.15, -0.1) is 0 Å². The molecule has 0 aliphatic heterocycles. The summed E-state index contributed by atoms with van der Waals surface area (Å²) in [4.78, 5) is 9.24. The minimum atomic E-state index is 0.0414. The number of nitrogens with zero attached hydrogens (tertiary/aromatic N) is 3. The van der Waals surface area contributed by atoms with Crippen LogP contribution in [0.1, 0.15) is 0 Å². The average Bonchev–Trinajstić information content (AvgIpc) is 3.07. The Labute approximate surface area is 154 Å². The lowest BCUT2D eigenvalue weighted by molar-refractivity contribution is 0.535. The van der Waals surface area contributed by atoms with Crippen LogP contribution in [-0.4, -0.2) is 14.5 Å². The van der Waals surface area contributed by atoms with E-state index in [1.807, 2.05) is 59.2 Å². The molecule has 3 aromatic heterocycles. The SMILES string of the molecule is N=c1oc2ccc(N)cc2cc1-c1nc2cccnc2n1-c1ccccc1. The van der Waals surface area contributed by atoms with E-state index in [2.05, 4.69) is 4.98 Å². The topological polar surface area (TPSA) is 93.7 Å². The number of anilines is 1. The van der Waals surface area contributed by atoms with E-state index < -0.39 is 0 Å². The zero-order chi connectivity index (χ0) is 18.4. The van der Waals surface area contributed by atoms with E-state index in [1.165, 1.54) is 0 Å². The summed E-state index contributed by atoms with van der Waals surface area (Å²) in [5.74, 6) is 0.605. The van der Waals surface area contributed by atoms with Crippen LogP contribution in [0.25, 0.3) is 39.2 Å². The fraction of sp³-hybridized carbons (Fsp3) is 0. The maximum absolute atomic E-state index is 8.40. The molecule has 0 atom stereocenters. The molecular weight excluding hydrogens is 338 g/mol. The number of aromatic nitrogens is 3. The number of fused-ring (bicyclic) bond motifs is 2.